The Morgan fingerprint density at radius 3 is 2.50 bits per heavy atom. The van der Waals surface area contributed by atoms with Gasteiger partial charge in [0.2, 0.25) is 0 Å². The van der Waals surface area contributed by atoms with Gasteiger partial charge in [0, 0.05) is 28.3 Å². The number of aliphatic hydroxyl groups excluding tert-OH is 1. The molecule has 3 aromatic rings. The molecule has 0 unspecified atom stereocenters. The molecule has 6 nitrogen and oxygen atoms in total. The lowest BCUT2D eigenvalue weighted by Crippen LogP contribution is -2.14. The normalized spacial score (nSPS) is 10.9. The molecule has 0 bridgehead atoms. The van der Waals surface area contributed by atoms with Crippen molar-refractivity contribution in [2.75, 3.05) is 20.3 Å². The Labute approximate surface area is 180 Å². The third-order valence-corrected chi connectivity index (χ3v) is 5.22. The molecule has 1 N–H and O–H groups in total. The van der Waals surface area contributed by atoms with E-state index < -0.39 is 0 Å². The Morgan fingerprint density at radius 1 is 1.10 bits per heavy atom. The number of nitrogens with zero attached hydrogens (tertiary/aromatic N) is 1. The quantitative estimate of drug-likeness (QED) is 0.429. The van der Waals surface area contributed by atoms with E-state index >= 15 is 0 Å². The molecule has 0 saturated heterocycles. The number of fused-ring (bicyclic) bond motifs is 1. The first-order valence-corrected chi connectivity index (χ1v) is 10.1. The smallest absolute Gasteiger partial charge is 0.310 e. The van der Waals surface area contributed by atoms with Gasteiger partial charge in [0.1, 0.15) is 5.75 Å². The van der Waals surface area contributed by atoms with Crippen molar-refractivity contribution in [3.05, 3.63) is 64.3 Å². The highest BCUT2D eigenvalue weighted by atomic mass is 35.5. The molecule has 1 aromatic heterocycles. The third-order valence-electron chi connectivity index (χ3n) is 4.97. The fourth-order valence-corrected chi connectivity index (χ4v) is 3.52. The van der Waals surface area contributed by atoms with Gasteiger partial charge in [0.05, 0.1) is 25.7 Å². The van der Waals surface area contributed by atoms with E-state index in [2.05, 4.69) is 0 Å². The summed E-state index contributed by atoms with van der Waals surface area (Å²) in [5.74, 6) is 0.0508. The summed E-state index contributed by atoms with van der Waals surface area (Å²) in [5, 5.41) is 10.2. The van der Waals surface area contributed by atoms with Crippen molar-refractivity contribution in [1.82, 2.24) is 4.57 Å². The maximum Gasteiger partial charge on any atom is 0.310 e. The van der Waals surface area contributed by atoms with Crippen molar-refractivity contribution in [1.29, 1.82) is 0 Å². The molecule has 3 rings (SSSR count). The van der Waals surface area contributed by atoms with Crippen LogP contribution in [0.2, 0.25) is 5.02 Å². The van der Waals surface area contributed by atoms with E-state index in [1.165, 1.54) is 0 Å². The van der Waals surface area contributed by atoms with Crippen LogP contribution in [0.5, 0.6) is 5.75 Å². The number of carbonyl (C=O) groups is 2. The molecule has 0 aliphatic heterocycles. The largest absolute Gasteiger partial charge is 0.497 e. The van der Waals surface area contributed by atoms with Crippen LogP contribution in [0, 0.1) is 6.92 Å². The second-order valence-corrected chi connectivity index (χ2v) is 7.36. The zero-order valence-corrected chi connectivity index (χ0v) is 17.7. The van der Waals surface area contributed by atoms with E-state index in [9.17, 15) is 9.59 Å². The first-order chi connectivity index (χ1) is 14.5. The van der Waals surface area contributed by atoms with Crippen molar-refractivity contribution in [2.24, 2.45) is 0 Å². The molecular weight excluding hydrogens is 406 g/mol. The SMILES string of the molecule is COc1ccc2c(c1)c(CC(=O)OCCCCO)c(C)n2C(=O)c1ccc(Cl)cc1. The van der Waals surface area contributed by atoms with Crippen LogP contribution in [0.4, 0.5) is 0 Å². The lowest BCUT2D eigenvalue weighted by molar-refractivity contribution is -0.143. The molecule has 0 aliphatic rings. The number of methoxy groups -OCH3 is 1. The summed E-state index contributed by atoms with van der Waals surface area (Å²) in [6.07, 6.45) is 1.22. The van der Waals surface area contributed by atoms with Crippen molar-refractivity contribution >= 4 is 34.4 Å². The minimum Gasteiger partial charge on any atom is -0.497 e. The van der Waals surface area contributed by atoms with Crippen LogP contribution in [0.3, 0.4) is 0 Å². The number of aliphatic hydroxyl groups is 1. The Balaban J connectivity index is 1.99. The van der Waals surface area contributed by atoms with E-state index in [-0.39, 0.29) is 31.5 Å². The van der Waals surface area contributed by atoms with Crippen molar-refractivity contribution in [3.8, 4) is 5.75 Å². The van der Waals surface area contributed by atoms with Gasteiger partial charge in [-0.05, 0) is 67.8 Å². The van der Waals surface area contributed by atoms with Crippen LogP contribution < -0.4 is 4.74 Å². The number of unbranched alkanes of at least 4 members (excludes halogenated alkanes) is 1. The lowest BCUT2D eigenvalue weighted by Gasteiger charge is -2.08. The minimum atomic E-state index is -0.378. The highest BCUT2D eigenvalue weighted by Gasteiger charge is 2.22. The third kappa shape index (κ3) is 4.66. The lowest BCUT2D eigenvalue weighted by atomic mass is 10.1. The molecule has 0 atom stereocenters. The first kappa shape index (κ1) is 21.9. The summed E-state index contributed by atoms with van der Waals surface area (Å²) >= 11 is 5.95. The Bertz CT molecular complexity index is 1060. The molecule has 0 spiro atoms. The van der Waals surface area contributed by atoms with E-state index in [0.717, 1.165) is 10.9 Å². The Morgan fingerprint density at radius 2 is 1.83 bits per heavy atom. The number of rotatable bonds is 8. The maximum absolute atomic E-state index is 13.2. The topological polar surface area (TPSA) is 77.8 Å². The van der Waals surface area contributed by atoms with Crippen LogP contribution in [-0.2, 0) is 16.0 Å². The highest BCUT2D eigenvalue weighted by Crippen LogP contribution is 2.31. The zero-order valence-electron chi connectivity index (χ0n) is 17.0. The highest BCUT2D eigenvalue weighted by molar-refractivity contribution is 6.30. The van der Waals surface area contributed by atoms with E-state index in [0.29, 0.717) is 40.4 Å². The number of esters is 1. The second-order valence-electron chi connectivity index (χ2n) is 6.92. The van der Waals surface area contributed by atoms with Crippen molar-refractivity contribution in [3.63, 3.8) is 0 Å². The Hall–Kier alpha value is -2.83. The first-order valence-electron chi connectivity index (χ1n) is 9.71. The van der Waals surface area contributed by atoms with Gasteiger partial charge in [-0.1, -0.05) is 11.6 Å². The number of hydrogen-bond donors (Lipinski definition) is 1. The number of benzene rings is 2. The summed E-state index contributed by atoms with van der Waals surface area (Å²) < 4.78 is 12.2. The van der Waals surface area contributed by atoms with Crippen LogP contribution in [0.1, 0.15) is 34.5 Å². The fourth-order valence-electron chi connectivity index (χ4n) is 3.39. The molecule has 0 aliphatic carbocycles. The molecule has 0 fully saturated rings. The van der Waals surface area contributed by atoms with E-state index in [1.807, 2.05) is 19.1 Å². The van der Waals surface area contributed by atoms with Gasteiger partial charge in [-0.25, -0.2) is 0 Å². The second kappa shape index (κ2) is 9.78. The summed E-state index contributed by atoms with van der Waals surface area (Å²) in [4.78, 5) is 25.6. The molecule has 0 radical (unpaired) electrons. The summed E-state index contributed by atoms with van der Waals surface area (Å²) in [6, 6.07) is 12.1. The molecular formula is C23H24ClNO5. The molecule has 1 heterocycles. The van der Waals surface area contributed by atoms with Gasteiger partial charge >= 0.3 is 5.97 Å². The van der Waals surface area contributed by atoms with Gasteiger partial charge < -0.3 is 14.6 Å². The minimum absolute atomic E-state index is 0.0372. The number of carbonyl (C=O) groups excluding carboxylic acids is 2. The van der Waals surface area contributed by atoms with Gasteiger partial charge in [-0.2, -0.15) is 0 Å². The average Bonchev–Trinajstić information content (AvgIpc) is 3.02. The Kier molecular flexibility index (Phi) is 7.13. The summed E-state index contributed by atoms with van der Waals surface area (Å²) in [6.45, 7) is 2.13. The molecule has 30 heavy (non-hydrogen) atoms. The van der Waals surface area contributed by atoms with Gasteiger partial charge in [-0.3, -0.25) is 14.2 Å². The van der Waals surface area contributed by atoms with Crippen molar-refractivity contribution < 1.29 is 24.2 Å². The maximum atomic E-state index is 13.2. The van der Waals surface area contributed by atoms with E-state index in [1.54, 1.807) is 42.0 Å². The summed E-state index contributed by atoms with van der Waals surface area (Å²) in [7, 11) is 1.57. The number of hydrogen-bond acceptors (Lipinski definition) is 5. The number of aromatic nitrogens is 1. The number of ether oxygens (including phenoxy) is 2. The van der Waals surface area contributed by atoms with Crippen LogP contribution in [0.15, 0.2) is 42.5 Å². The monoisotopic (exact) mass is 429 g/mol. The molecule has 7 heteroatoms. The molecule has 2 aromatic carbocycles. The van der Waals surface area contributed by atoms with Crippen LogP contribution in [0.25, 0.3) is 10.9 Å². The fraction of sp³-hybridized carbons (Fsp3) is 0.304. The summed E-state index contributed by atoms with van der Waals surface area (Å²) in [5.41, 5.74) is 2.58. The van der Waals surface area contributed by atoms with Crippen LogP contribution >= 0.6 is 11.6 Å². The van der Waals surface area contributed by atoms with Gasteiger partial charge in [0.25, 0.3) is 5.91 Å². The van der Waals surface area contributed by atoms with Crippen molar-refractivity contribution in [2.45, 2.75) is 26.2 Å². The predicted octanol–water partition coefficient (Wildman–Crippen LogP) is 4.16. The predicted molar refractivity (Wildman–Crippen MR) is 115 cm³/mol. The molecule has 0 saturated carbocycles. The van der Waals surface area contributed by atoms with Gasteiger partial charge in [-0.15, -0.1) is 0 Å². The van der Waals surface area contributed by atoms with Gasteiger partial charge in [0.15, 0.2) is 0 Å². The van der Waals surface area contributed by atoms with Crippen LogP contribution in [-0.4, -0.2) is 41.9 Å². The average molecular weight is 430 g/mol. The standard InChI is InChI=1S/C23H24ClNO5/c1-15-19(14-22(27)30-12-4-3-11-26)20-13-18(29-2)9-10-21(20)25(15)23(28)16-5-7-17(24)8-6-16/h5-10,13,26H,3-4,11-12,14H2,1-2H3. The molecule has 158 valence electrons. The number of halogens is 1. The zero-order chi connectivity index (χ0) is 21.7. The van der Waals surface area contributed by atoms with E-state index in [4.69, 9.17) is 26.2 Å². The molecule has 0 amide bonds.